The van der Waals surface area contributed by atoms with Crippen LogP contribution in [0, 0.1) is 19.7 Å². The summed E-state index contributed by atoms with van der Waals surface area (Å²) in [5.74, 6) is -0.822. The molecule has 5 nitrogen and oxygen atoms in total. The number of hydrogen-bond donors (Lipinski definition) is 1. The minimum atomic E-state index is -0.547. The SMILES string of the molecule is CCCCn1c(SC(C)C(=O)Nc2ccccc2F)nc2sc(C)c(C)c2c1=O. The number of para-hydroxylation sites is 1. The average molecular weight is 434 g/mol. The predicted octanol–water partition coefficient (Wildman–Crippen LogP) is 5.13. The van der Waals surface area contributed by atoms with Crippen molar-refractivity contribution in [3.8, 4) is 0 Å². The van der Waals surface area contributed by atoms with Crippen LogP contribution in [0.15, 0.2) is 34.2 Å². The molecule has 1 N–H and O–H groups in total. The lowest BCUT2D eigenvalue weighted by molar-refractivity contribution is -0.115. The second-order valence-electron chi connectivity index (χ2n) is 6.90. The molecule has 0 aliphatic rings. The van der Waals surface area contributed by atoms with E-state index in [4.69, 9.17) is 4.98 Å². The summed E-state index contributed by atoms with van der Waals surface area (Å²) in [6, 6.07) is 6.05. The van der Waals surface area contributed by atoms with Crippen molar-refractivity contribution in [2.75, 3.05) is 5.32 Å². The van der Waals surface area contributed by atoms with Crippen LogP contribution in [-0.4, -0.2) is 20.7 Å². The Bertz CT molecular complexity index is 1110. The van der Waals surface area contributed by atoms with Crippen LogP contribution in [0.3, 0.4) is 0 Å². The van der Waals surface area contributed by atoms with E-state index in [1.54, 1.807) is 23.6 Å². The number of halogens is 1. The zero-order chi connectivity index (χ0) is 21.1. The van der Waals surface area contributed by atoms with Gasteiger partial charge in [0.1, 0.15) is 10.6 Å². The smallest absolute Gasteiger partial charge is 0.263 e. The van der Waals surface area contributed by atoms with Gasteiger partial charge in [-0.05, 0) is 44.9 Å². The number of hydrogen-bond acceptors (Lipinski definition) is 5. The van der Waals surface area contributed by atoms with Crippen molar-refractivity contribution in [3.05, 3.63) is 50.9 Å². The van der Waals surface area contributed by atoms with Gasteiger partial charge in [0.2, 0.25) is 5.91 Å². The number of nitrogens with zero attached hydrogens (tertiary/aromatic N) is 2. The molecule has 0 spiro atoms. The Labute approximate surface area is 177 Å². The highest BCUT2D eigenvalue weighted by Gasteiger charge is 2.22. The summed E-state index contributed by atoms with van der Waals surface area (Å²) in [7, 11) is 0. The molecule has 1 atom stereocenters. The molecule has 3 rings (SSSR count). The van der Waals surface area contributed by atoms with Crippen molar-refractivity contribution >= 4 is 44.9 Å². The summed E-state index contributed by atoms with van der Waals surface area (Å²) in [4.78, 5) is 32.2. The van der Waals surface area contributed by atoms with Gasteiger partial charge < -0.3 is 5.32 Å². The molecule has 0 aliphatic carbocycles. The molecule has 29 heavy (non-hydrogen) atoms. The Morgan fingerprint density at radius 2 is 2.07 bits per heavy atom. The maximum atomic E-state index is 13.8. The molecule has 1 amide bonds. The lowest BCUT2D eigenvalue weighted by Crippen LogP contribution is -2.27. The Morgan fingerprint density at radius 3 is 2.76 bits per heavy atom. The minimum absolute atomic E-state index is 0.0606. The van der Waals surface area contributed by atoms with Crippen molar-refractivity contribution in [1.82, 2.24) is 9.55 Å². The van der Waals surface area contributed by atoms with Gasteiger partial charge in [0.05, 0.1) is 16.3 Å². The zero-order valence-electron chi connectivity index (χ0n) is 16.9. The van der Waals surface area contributed by atoms with E-state index < -0.39 is 11.1 Å². The van der Waals surface area contributed by atoms with Gasteiger partial charge in [-0.3, -0.25) is 14.2 Å². The first-order valence-corrected chi connectivity index (χ1v) is 11.3. The normalized spacial score (nSPS) is 12.3. The number of anilines is 1. The Balaban J connectivity index is 1.92. The van der Waals surface area contributed by atoms with Crippen LogP contribution >= 0.6 is 23.1 Å². The van der Waals surface area contributed by atoms with E-state index in [9.17, 15) is 14.0 Å². The van der Waals surface area contributed by atoms with Crippen molar-refractivity contribution in [2.45, 2.75) is 57.5 Å². The first-order valence-electron chi connectivity index (χ1n) is 9.56. The van der Waals surface area contributed by atoms with Crippen LogP contribution in [0.5, 0.6) is 0 Å². The molecule has 0 fully saturated rings. The fourth-order valence-corrected chi connectivity index (χ4v) is 4.93. The topological polar surface area (TPSA) is 64.0 Å². The van der Waals surface area contributed by atoms with Crippen LogP contribution in [0.4, 0.5) is 10.1 Å². The molecule has 154 valence electrons. The number of aryl methyl sites for hydroxylation is 2. The number of nitrogens with one attached hydrogen (secondary N) is 1. The Morgan fingerprint density at radius 1 is 1.34 bits per heavy atom. The predicted molar refractivity (Wildman–Crippen MR) is 119 cm³/mol. The molecule has 1 unspecified atom stereocenters. The van der Waals surface area contributed by atoms with Gasteiger partial charge in [0, 0.05) is 11.4 Å². The van der Waals surface area contributed by atoms with Crippen molar-refractivity contribution in [3.63, 3.8) is 0 Å². The lowest BCUT2D eigenvalue weighted by atomic mass is 10.2. The zero-order valence-corrected chi connectivity index (χ0v) is 18.5. The molecule has 2 heterocycles. The van der Waals surface area contributed by atoms with Crippen LogP contribution in [0.2, 0.25) is 0 Å². The van der Waals surface area contributed by atoms with Gasteiger partial charge >= 0.3 is 0 Å². The lowest BCUT2D eigenvalue weighted by Gasteiger charge is -2.16. The van der Waals surface area contributed by atoms with Crippen molar-refractivity contribution in [1.29, 1.82) is 0 Å². The second-order valence-corrected chi connectivity index (χ2v) is 9.41. The number of thiophene rings is 1. The van der Waals surface area contributed by atoms with E-state index in [0.29, 0.717) is 21.9 Å². The summed E-state index contributed by atoms with van der Waals surface area (Å²) in [5, 5.41) is 3.25. The third kappa shape index (κ3) is 4.53. The van der Waals surface area contributed by atoms with Gasteiger partial charge in [-0.25, -0.2) is 9.37 Å². The summed E-state index contributed by atoms with van der Waals surface area (Å²) in [5.41, 5.74) is 1.05. The number of carbonyl (C=O) groups is 1. The number of fused-ring (bicyclic) bond motifs is 1. The number of benzene rings is 1. The number of amides is 1. The fraction of sp³-hybridized carbons (Fsp3) is 0.381. The molecule has 0 radical (unpaired) electrons. The van der Waals surface area contributed by atoms with E-state index >= 15 is 0 Å². The van der Waals surface area contributed by atoms with E-state index in [0.717, 1.165) is 23.3 Å². The van der Waals surface area contributed by atoms with E-state index in [1.165, 1.54) is 35.2 Å². The number of unbranched alkanes of at least 4 members (excludes halogenated alkanes) is 1. The highest BCUT2D eigenvalue weighted by Crippen LogP contribution is 2.30. The molecule has 0 saturated carbocycles. The fourth-order valence-electron chi connectivity index (χ4n) is 2.92. The van der Waals surface area contributed by atoms with Crippen LogP contribution in [0.25, 0.3) is 10.2 Å². The van der Waals surface area contributed by atoms with Gasteiger partial charge in [-0.2, -0.15) is 0 Å². The molecule has 8 heteroatoms. The first kappa shape index (κ1) is 21.5. The highest BCUT2D eigenvalue weighted by atomic mass is 32.2. The first-order chi connectivity index (χ1) is 13.8. The molecule has 3 aromatic rings. The van der Waals surface area contributed by atoms with Gasteiger partial charge in [0.25, 0.3) is 5.56 Å². The third-order valence-corrected chi connectivity index (χ3v) is 6.96. The average Bonchev–Trinajstić information content (AvgIpc) is 2.97. The maximum absolute atomic E-state index is 13.8. The summed E-state index contributed by atoms with van der Waals surface area (Å²) in [6.45, 7) is 8.27. The molecule has 0 bridgehead atoms. The number of aromatic nitrogens is 2. The van der Waals surface area contributed by atoms with Crippen molar-refractivity contribution < 1.29 is 9.18 Å². The number of carbonyl (C=O) groups excluding carboxylic acids is 1. The molecular weight excluding hydrogens is 409 g/mol. The van der Waals surface area contributed by atoms with E-state index in [1.807, 2.05) is 13.8 Å². The molecule has 2 aromatic heterocycles. The van der Waals surface area contributed by atoms with Gasteiger partial charge in [0.15, 0.2) is 5.16 Å². The quantitative estimate of drug-likeness (QED) is 0.414. The van der Waals surface area contributed by atoms with Crippen molar-refractivity contribution in [2.24, 2.45) is 0 Å². The summed E-state index contributed by atoms with van der Waals surface area (Å²) < 4.78 is 15.5. The summed E-state index contributed by atoms with van der Waals surface area (Å²) in [6.07, 6.45) is 1.79. The van der Waals surface area contributed by atoms with Crippen LogP contribution < -0.4 is 10.9 Å². The molecular formula is C21H24FN3O2S2. The van der Waals surface area contributed by atoms with Gasteiger partial charge in [-0.15, -0.1) is 11.3 Å². The van der Waals surface area contributed by atoms with E-state index in [2.05, 4.69) is 12.2 Å². The standard InChI is InChI=1S/C21H24FN3O2S2/c1-5-6-11-25-20(27)17-12(2)13(3)28-19(17)24-21(25)29-14(4)18(26)23-16-10-8-7-9-15(16)22/h7-10,14H,5-6,11H2,1-4H3,(H,23,26). The summed E-state index contributed by atoms with van der Waals surface area (Å²) >= 11 is 2.71. The highest BCUT2D eigenvalue weighted by molar-refractivity contribution is 8.00. The Kier molecular flexibility index (Phi) is 6.74. The van der Waals surface area contributed by atoms with E-state index in [-0.39, 0.29) is 17.2 Å². The third-order valence-electron chi connectivity index (χ3n) is 4.77. The monoisotopic (exact) mass is 433 g/mol. The largest absolute Gasteiger partial charge is 0.323 e. The van der Waals surface area contributed by atoms with Crippen LogP contribution in [-0.2, 0) is 11.3 Å². The Hall–Kier alpha value is -2.19. The number of rotatable bonds is 7. The molecule has 1 aromatic carbocycles. The number of thioether (sulfide) groups is 1. The van der Waals surface area contributed by atoms with Gasteiger partial charge in [-0.1, -0.05) is 37.2 Å². The second kappa shape index (κ2) is 9.09. The maximum Gasteiger partial charge on any atom is 0.263 e. The minimum Gasteiger partial charge on any atom is -0.323 e. The molecule has 0 saturated heterocycles. The molecule has 0 aliphatic heterocycles. The van der Waals surface area contributed by atoms with Crippen LogP contribution in [0.1, 0.15) is 37.1 Å².